The summed E-state index contributed by atoms with van der Waals surface area (Å²) in [6, 6.07) is 8.07. The molecule has 0 aromatic heterocycles. The minimum absolute atomic E-state index is 0.0615. The topological polar surface area (TPSA) is 41.9 Å². The summed E-state index contributed by atoms with van der Waals surface area (Å²) in [6.07, 6.45) is 2.25. The lowest BCUT2D eigenvalue weighted by atomic mass is 10.0. The molecular formula is C15H21NO3. The Bertz CT molecular complexity index is 418. The van der Waals surface area contributed by atoms with Gasteiger partial charge in [0.2, 0.25) is 0 Å². The van der Waals surface area contributed by atoms with Crippen LogP contribution >= 0.6 is 0 Å². The molecule has 1 N–H and O–H groups in total. The Morgan fingerprint density at radius 3 is 3.00 bits per heavy atom. The number of nitrogens with zero attached hydrogens (tertiary/aromatic N) is 1. The van der Waals surface area contributed by atoms with Gasteiger partial charge >= 0.3 is 0 Å². The molecule has 0 aliphatic carbocycles. The van der Waals surface area contributed by atoms with Crippen molar-refractivity contribution < 1.29 is 14.6 Å². The van der Waals surface area contributed by atoms with Crippen molar-refractivity contribution in [3.8, 4) is 5.75 Å². The number of fused-ring (bicyclic) bond motifs is 1. The highest BCUT2D eigenvalue weighted by Crippen LogP contribution is 2.34. The first-order valence-corrected chi connectivity index (χ1v) is 7.06. The average molecular weight is 263 g/mol. The molecule has 2 aliphatic rings. The van der Waals surface area contributed by atoms with Gasteiger partial charge in [-0.3, -0.25) is 0 Å². The summed E-state index contributed by atoms with van der Waals surface area (Å²) in [5, 5.41) is 9.36. The van der Waals surface area contributed by atoms with Gasteiger partial charge < -0.3 is 19.5 Å². The number of ether oxygens (including phenoxy) is 2. The number of anilines is 1. The van der Waals surface area contributed by atoms with E-state index in [0.717, 1.165) is 44.2 Å². The van der Waals surface area contributed by atoms with Crippen molar-refractivity contribution in [2.45, 2.75) is 18.9 Å². The van der Waals surface area contributed by atoms with E-state index in [1.54, 1.807) is 0 Å². The zero-order valence-electron chi connectivity index (χ0n) is 11.1. The van der Waals surface area contributed by atoms with Crippen LogP contribution in [0.25, 0.3) is 0 Å². The van der Waals surface area contributed by atoms with Gasteiger partial charge in [0, 0.05) is 13.2 Å². The van der Waals surface area contributed by atoms with Crippen LogP contribution in [0.3, 0.4) is 0 Å². The van der Waals surface area contributed by atoms with Crippen LogP contribution in [0.1, 0.15) is 12.8 Å². The zero-order chi connectivity index (χ0) is 13.1. The Morgan fingerprint density at radius 2 is 2.21 bits per heavy atom. The number of aliphatic hydroxyl groups excluding tert-OH is 1. The number of para-hydroxylation sites is 2. The van der Waals surface area contributed by atoms with Crippen molar-refractivity contribution in [3.63, 3.8) is 0 Å². The molecule has 0 saturated carbocycles. The molecular weight excluding hydrogens is 242 g/mol. The Hall–Kier alpha value is -1.26. The Balaban J connectivity index is 1.75. The summed E-state index contributed by atoms with van der Waals surface area (Å²) in [5.41, 5.74) is 1.14. The number of benzene rings is 1. The van der Waals surface area contributed by atoms with Crippen LogP contribution in [0.4, 0.5) is 5.69 Å². The van der Waals surface area contributed by atoms with E-state index < -0.39 is 0 Å². The van der Waals surface area contributed by atoms with Gasteiger partial charge in [-0.05, 0) is 30.9 Å². The molecule has 2 unspecified atom stereocenters. The molecule has 2 atom stereocenters. The van der Waals surface area contributed by atoms with E-state index in [1.807, 2.05) is 18.2 Å². The summed E-state index contributed by atoms with van der Waals surface area (Å²) in [6.45, 7) is 3.55. The molecule has 1 saturated heterocycles. The number of hydrogen-bond donors (Lipinski definition) is 1. The third kappa shape index (κ3) is 2.85. The molecule has 1 fully saturated rings. The summed E-state index contributed by atoms with van der Waals surface area (Å²) in [7, 11) is 0. The first-order chi connectivity index (χ1) is 9.36. The largest absolute Gasteiger partial charge is 0.484 e. The molecule has 0 bridgehead atoms. The van der Waals surface area contributed by atoms with Gasteiger partial charge in [-0.1, -0.05) is 12.1 Å². The second kappa shape index (κ2) is 5.80. The van der Waals surface area contributed by atoms with Crippen LogP contribution in [0, 0.1) is 5.92 Å². The molecule has 4 heteroatoms. The fraction of sp³-hybridized carbons (Fsp3) is 0.600. The molecule has 1 aromatic carbocycles. The molecule has 3 rings (SSSR count). The minimum atomic E-state index is -0.126. The predicted molar refractivity (Wildman–Crippen MR) is 73.7 cm³/mol. The lowest BCUT2D eigenvalue weighted by Crippen LogP contribution is -2.45. The van der Waals surface area contributed by atoms with Gasteiger partial charge in [0.25, 0.3) is 0 Å². The molecule has 2 aliphatic heterocycles. The number of rotatable bonds is 3. The summed E-state index contributed by atoms with van der Waals surface area (Å²) in [5.74, 6) is 1.46. The smallest absolute Gasteiger partial charge is 0.143 e. The van der Waals surface area contributed by atoms with Gasteiger partial charge in [0.15, 0.2) is 0 Å². The first-order valence-electron chi connectivity index (χ1n) is 7.06. The zero-order valence-corrected chi connectivity index (χ0v) is 11.1. The van der Waals surface area contributed by atoms with Crippen molar-refractivity contribution in [1.82, 2.24) is 0 Å². The van der Waals surface area contributed by atoms with E-state index in [1.165, 1.54) is 6.42 Å². The highest BCUT2D eigenvalue weighted by Gasteiger charge is 2.27. The van der Waals surface area contributed by atoms with E-state index in [-0.39, 0.29) is 12.7 Å². The molecule has 4 nitrogen and oxygen atoms in total. The fourth-order valence-electron chi connectivity index (χ4n) is 2.91. The summed E-state index contributed by atoms with van der Waals surface area (Å²) >= 11 is 0. The molecule has 0 radical (unpaired) electrons. The maximum absolute atomic E-state index is 9.36. The van der Waals surface area contributed by atoms with Crippen LogP contribution in [0.15, 0.2) is 24.3 Å². The normalized spacial score (nSPS) is 26.7. The van der Waals surface area contributed by atoms with Gasteiger partial charge in [-0.25, -0.2) is 0 Å². The van der Waals surface area contributed by atoms with Crippen LogP contribution in [0.2, 0.25) is 0 Å². The second-order valence-electron chi connectivity index (χ2n) is 5.38. The maximum atomic E-state index is 9.36. The Kier molecular flexibility index (Phi) is 3.89. The molecule has 1 aromatic rings. The van der Waals surface area contributed by atoms with Crippen molar-refractivity contribution in [2.75, 3.05) is 37.8 Å². The molecule has 19 heavy (non-hydrogen) atoms. The Morgan fingerprint density at radius 1 is 1.32 bits per heavy atom. The van der Waals surface area contributed by atoms with Crippen LogP contribution in [-0.2, 0) is 4.74 Å². The maximum Gasteiger partial charge on any atom is 0.143 e. The van der Waals surface area contributed by atoms with Crippen molar-refractivity contribution in [3.05, 3.63) is 24.3 Å². The van der Waals surface area contributed by atoms with E-state index in [0.29, 0.717) is 5.92 Å². The average Bonchev–Trinajstić information content (AvgIpc) is 2.48. The lowest BCUT2D eigenvalue weighted by molar-refractivity contribution is 0.0544. The standard InChI is InChI=1S/C15H21NO3/c17-10-13-9-16(8-12-4-3-7-18-11-12)14-5-1-2-6-15(14)19-13/h1-2,5-6,12-13,17H,3-4,7-11H2. The van der Waals surface area contributed by atoms with E-state index in [4.69, 9.17) is 9.47 Å². The quantitative estimate of drug-likeness (QED) is 0.901. The first kappa shape index (κ1) is 12.8. The fourth-order valence-corrected chi connectivity index (χ4v) is 2.91. The predicted octanol–water partition coefficient (Wildman–Crippen LogP) is 1.67. The highest BCUT2D eigenvalue weighted by atomic mass is 16.5. The molecule has 104 valence electrons. The third-order valence-corrected chi connectivity index (χ3v) is 3.86. The Labute approximate surface area is 113 Å². The number of hydrogen-bond acceptors (Lipinski definition) is 4. The second-order valence-corrected chi connectivity index (χ2v) is 5.38. The molecule has 2 heterocycles. The summed E-state index contributed by atoms with van der Waals surface area (Å²) < 4.78 is 11.3. The van der Waals surface area contributed by atoms with Crippen LogP contribution in [0.5, 0.6) is 5.75 Å². The summed E-state index contributed by atoms with van der Waals surface area (Å²) in [4.78, 5) is 2.33. The van der Waals surface area contributed by atoms with Gasteiger partial charge in [0.05, 0.1) is 25.4 Å². The van der Waals surface area contributed by atoms with Gasteiger partial charge in [-0.2, -0.15) is 0 Å². The van der Waals surface area contributed by atoms with E-state index in [9.17, 15) is 5.11 Å². The SMILES string of the molecule is OCC1CN(CC2CCCOC2)c2ccccc2O1. The molecule has 0 spiro atoms. The van der Waals surface area contributed by atoms with Crippen molar-refractivity contribution >= 4 is 5.69 Å². The third-order valence-electron chi connectivity index (χ3n) is 3.86. The van der Waals surface area contributed by atoms with Gasteiger partial charge in [0.1, 0.15) is 11.9 Å². The van der Waals surface area contributed by atoms with E-state index >= 15 is 0 Å². The molecule has 0 amide bonds. The van der Waals surface area contributed by atoms with Crippen molar-refractivity contribution in [2.24, 2.45) is 5.92 Å². The lowest BCUT2D eigenvalue weighted by Gasteiger charge is -2.38. The van der Waals surface area contributed by atoms with Crippen molar-refractivity contribution in [1.29, 1.82) is 0 Å². The van der Waals surface area contributed by atoms with Crippen LogP contribution < -0.4 is 9.64 Å². The highest BCUT2D eigenvalue weighted by molar-refractivity contribution is 5.60. The monoisotopic (exact) mass is 263 g/mol. The van der Waals surface area contributed by atoms with Crippen LogP contribution in [-0.4, -0.2) is 44.1 Å². The van der Waals surface area contributed by atoms with Gasteiger partial charge in [-0.15, -0.1) is 0 Å². The van der Waals surface area contributed by atoms with E-state index in [2.05, 4.69) is 11.0 Å². The minimum Gasteiger partial charge on any atom is -0.484 e. The number of aliphatic hydroxyl groups is 1.